The number of amides is 1. The summed E-state index contributed by atoms with van der Waals surface area (Å²) in [6.45, 7) is 10.7. The Hall–Kier alpha value is -2.55. The first-order chi connectivity index (χ1) is 13.3. The van der Waals surface area contributed by atoms with Crippen molar-refractivity contribution in [1.82, 2.24) is 9.47 Å². The monoisotopic (exact) mass is 385 g/mol. The Bertz CT molecular complexity index is 791. The largest absolute Gasteiger partial charge is 0.451 e. The lowest BCUT2D eigenvalue weighted by molar-refractivity contribution is -0.151. The molecule has 1 fully saturated rings. The molecule has 2 rings (SSSR count). The van der Waals surface area contributed by atoms with Gasteiger partial charge in [0.05, 0.1) is 0 Å². The van der Waals surface area contributed by atoms with E-state index < -0.39 is 5.97 Å². The van der Waals surface area contributed by atoms with Crippen LogP contribution in [-0.4, -0.2) is 40.0 Å². The maximum atomic E-state index is 12.5. The van der Waals surface area contributed by atoms with Crippen LogP contribution in [0.5, 0.6) is 0 Å². The average molecular weight is 386 g/mol. The van der Waals surface area contributed by atoms with Crippen molar-refractivity contribution in [1.29, 1.82) is 5.26 Å². The molecule has 0 N–H and O–H groups in total. The highest BCUT2D eigenvalue weighted by molar-refractivity contribution is 5.99. The van der Waals surface area contributed by atoms with Crippen molar-refractivity contribution in [2.24, 2.45) is 0 Å². The summed E-state index contributed by atoms with van der Waals surface area (Å²) in [4.78, 5) is 26.7. The molecular formula is C22H31N3O3. The molecule has 1 aliphatic rings. The van der Waals surface area contributed by atoms with Gasteiger partial charge in [-0.3, -0.25) is 4.79 Å². The van der Waals surface area contributed by atoms with E-state index in [2.05, 4.69) is 11.5 Å². The summed E-state index contributed by atoms with van der Waals surface area (Å²) < 4.78 is 7.34. The number of aryl methyl sites for hydroxylation is 1. The third-order valence-corrected chi connectivity index (χ3v) is 5.51. The van der Waals surface area contributed by atoms with E-state index in [1.54, 1.807) is 11.0 Å². The van der Waals surface area contributed by atoms with Gasteiger partial charge >= 0.3 is 5.97 Å². The van der Waals surface area contributed by atoms with E-state index in [0.29, 0.717) is 0 Å². The van der Waals surface area contributed by atoms with Crippen molar-refractivity contribution in [3.8, 4) is 6.07 Å². The first kappa shape index (κ1) is 21.7. The van der Waals surface area contributed by atoms with E-state index in [0.717, 1.165) is 49.2 Å². The molecule has 1 aliphatic heterocycles. The second-order valence-electron chi connectivity index (χ2n) is 7.65. The van der Waals surface area contributed by atoms with E-state index in [4.69, 9.17) is 4.74 Å². The lowest BCUT2D eigenvalue weighted by Crippen LogP contribution is -2.49. The topological polar surface area (TPSA) is 75.3 Å². The molecule has 0 unspecified atom stereocenters. The standard InChI is InChI=1S/C22H31N3O3/c1-6-10-24-17(4)11-19(18(24)5)12-20(13-23)22(27)28-14-21(26)25-15(2)8-7-9-16(25)3/h11-12,15-16H,6-10,14H2,1-5H3/b20-12+/t15-,16+. The normalized spacial score (nSPS) is 20.0. The average Bonchev–Trinajstić information content (AvgIpc) is 2.91. The molecule has 1 aromatic rings. The van der Waals surface area contributed by atoms with Gasteiger partial charge in [-0.2, -0.15) is 5.26 Å². The van der Waals surface area contributed by atoms with Crippen LogP contribution in [-0.2, 0) is 20.9 Å². The zero-order valence-electron chi connectivity index (χ0n) is 17.6. The third-order valence-electron chi connectivity index (χ3n) is 5.51. The molecule has 0 radical (unpaired) electrons. The summed E-state index contributed by atoms with van der Waals surface area (Å²) in [5.41, 5.74) is 2.82. The second-order valence-corrected chi connectivity index (χ2v) is 7.65. The smallest absolute Gasteiger partial charge is 0.349 e. The van der Waals surface area contributed by atoms with Crippen molar-refractivity contribution in [3.05, 3.63) is 28.6 Å². The SMILES string of the molecule is CCCn1c(C)cc(/C=C(\C#N)C(=O)OCC(=O)N2[C@H](C)CCC[C@@H]2C)c1C. The van der Waals surface area contributed by atoms with Gasteiger partial charge in [-0.1, -0.05) is 6.92 Å². The summed E-state index contributed by atoms with van der Waals surface area (Å²) in [6.07, 6.45) is 5.57. The summed E-state index contributed by atoms with van der Waals surface area (Å²) in [5.74, 6) is -0.958. The van der Waals surface area contributed by atoms with E-state index in [1.807, 2.05) is 39.8 Å². The van der Waals surface area contributed by atoms with E-state index in [1.165, 1.54) is 0 Å². The van der Waals surface area contributed by atoms with Gasteiger partial charge in [0.2, 0.25) is 0 Å². The summed E-state index contributed by atoms with van der Waals surface area (Å²) >= 11 is 0. The van der Waals surface area contributed by atoms with Gasteiger partial charge in [-0.05, 0) is 71.1 Å². The van der Waals surface area contributed by atoms with Crippen molar-refractivity contribution in [2.45, 2.75) is 78.9 Å². The molecule has 0 aliphatic carbocycles. The van der Waals surface area contributed by atoms with Gasteiger partial charge in [-0.25, -0.2) is 4.79 Å². The van der Waals surface area contributed by atoms with Crippen LogP contribution in [0.3, 0.4) is 0 Å². The molecule has 6 heteroatoms. The first-order valence-electron chi connectivity index (χ1n) is 10.1. The molecule has 28 heavy (non-hydrogen) atoms. The van der Waals surface area contributed by atoms with Gasteiger partial charge in [0.1, 0.15) is 11.6 Å². The van der Waals surface area contributed by atoms with E-state index in [-0.39, 0.29) is 30.2 Å². The minimum Gasteiger partial charge on any atom is -0.451 e. The van der Waals surface area contributed by atoms with Gasteiger partial charge in [-0.15, -0.1) is 0 Å². The number of ether oxygens (including phenoxy) is 1. The number of rotatable bonds is 6. The zero-order chi connectivity index (χ0) is 20.8. The Labute approximate surface area is 167 Å². The lowest BCUT2D eigenvalue weighted by atomic mass is 9.97. The quantitative estimate of drug-likeness (QED) is 0.424. The van der Waals surface area contributed by atoms with Crippen molar-refractivity contribution in [3.63, 3.8) is 0 Å². The van der Waals surface area contributed by atoms with Crippen molar-refractivity contribution in [2.75, 3.05) is 6.61 Å². The molecule has 0 aromatic carbocycles. The highest BCUT2D eigenvalue weighted by atomic mass is 16.5. The number of carbonyl (C=O) groups excluding carboxylic acids is 2. The molecule has 0 bridgehead atoms. The van der Waals surface area contributed by atoms with Crippen LogP contribution in [0, 0.1) is 25.2 Å². The minimum absolute atomic E-state index is 0.0933. The molecule has 1 aromatic heterocycles. The third kappa shape index (κ3) is 4.83. The molecule has 1 saturated heterocycles. The molecular weight excluding hydrogens is 354 g/mol. The van der Waals surface area contributed by atoms with E-state index >= 15 is 0 Å². The number of nitrogens with zero attached hydrogens (tertiary/aromatic N) is 3. The number of hydrogen-bond donors (Lipinski definition) is 0. The number of piperidine rings is 1. The van der Waals surface area contributed by atoms with Crippen LogP contribution in [0.15, 0.2) is 11.6 Å². The van der Waals surface area contributed by atoms with Crippen LogP contribution < -0.4 is 0 Å². The Morgan fingerprint density at radius 3 is 2.50 bits per heavy atom. The van der Waals surface area contributed by atoms with Crippen LogP contribution in [0.25, 0.3) is 6.08 Å². The maximum Gasteiger partial charge on any atom is 0.349 e. The number of carbonyl (C=O) groups is 2. The Morgan fingerprint density at radius 2 is 1.93 bits per heavy atom. The molecule has 2 heterocycles. The fourth-order valence-corrected chi connectivity index (χ4v) is 4.03. The fourth-order valence-electron chi connectivity index (χ4n) is 4.03. The first-order valence-corrected chi connectivity index (χ1v) is 10.1. The second kappa shape index (κ2) is 9.59. The fraction of sp³-hybridized carbons (Fsp3) is 0.591. The predicted molar refractivity (Wildman–Crippen MR) is 108 cm³/mol. The molecule has 0 spiro atoms. The van der Waals surface area contributed by atoms with Crippen LogP contribution in [0.2, 0.25) is 0 Å². The van der Waals surface area contributed by atoms with Crippen molar-refractivity contribution >= 4 is 18.0 Å². The Kier molecular flexibility index (Phi) is 7.45. The summed E-state index contributed by atoms with van der Waals surface area (Å²) in [7, 11) is 0. The lowest BCUT2D eigenvalue weighted by Gasteiger charge is -2.38. The predicted octanol–water partition coefficient (Wildman–Crippen LogP) is 3.75. The Balaban J connectivity index is 2.08. The maximum absolute atomic E-state index is 12.5. The van der Waals surface area contributed by atoms with E-state index in [9.17, 15) is 14.9 Å². The van der Waals surface area contributed by atoms with Gasteiger partial charge < -0.3 is 14.2 Å². The number of nitriles is 1. The van der Waals surface area contributed by atoms with Gasteiger partial charge in [0.25, 0.3) is 5.91 Å². The highest BCUT2D eigenvalue weighted by Crippen LogP contribution is 2.23. The van der Waals surface area contributed by atoms with Crippen LogP contribution >= 0.6 is 0 Å². The highest BCUT2D eigenvalue weighted by Gasteiger charge is 2.29. The molecule has 2 atom stereocenters. The van der Waals surface area contributed by atoms with Gasteiger partial charge in [0, 0.05) is 30.0 Å². The van der Waals surface area contributed by atoms with Gasteiger partial charge in [0.15, 0.2) is 6.61 Å². The summed E-state index contributed by atoms with van der Waals surface area (Å²) in [5, 5.41) is 9.40. The summed E-state index contributed by atoms with van der Waals surface area (Å²) in [6, 6.07) is 4.15. The van der Waals surface area contributed by atoms with Crippen molar-refractivity contribution < 1.29 is 14.3 Å². The number of likely N-dealkylation sites (tertiary alicyclic amines) is 1. The zero-order valence-corrected chi connectivity index (χ0v) is 17.6. The van der Waals surface area contributed by atoms with Crippen LogP contribution in [0.1, 0.15) is 63.4 Å². The molecule has 6 nitrogen and oxygen atoms in total. The minimum atomic E-state index is -0.756. The molecule has 1 amide bonds. The molecule has 0 saturated carbocycles. The van der Waals surface area contributed by atoms with Crippen LogP contribution in [0.4, 0.5) is 0 Å². The number of esters is 1. The Morgan fingerprint density at radius 1 is 1.29 bits per heavy atom. The number of aromatic nitrogens is 1. The number of hydrogen-bond acceptors (Lipinski definition) is 4. The molecule has 152 valence electrons.